The van der Waals surface area contributed by atoms with Crippen molar-refractivity contribution in [2.75, 3.05) is 26.4 Å². The van der Waals surface area contributed by atoms with Gasteiger partial charge in [0.2, 0.25) is 0 Å². The summed E-state index contributed by atoms with van der Waals surface area (Å²) >= 11 is 0. The zero-order valence-corrected chi connectivity index (χ0v) is 26.2. The third-order valence-corrected chi connectivity index (χ3v) is 7.80. The molecule has 0 saturated heterocycles. The van der Waals surface area contributed by atoms with Crippen LogP contribution in [0.25, 0.3) is 22.3 Å². The van der Waals surface area contributed by atoms with Gasteiger partial charge in [0.1, 0.15) is 26.7 Å². The van der Waals surface area contributed by atoms with Crippen LogP contribution in [0.4, 0.5) is 0 Å². The van der Waals surface area contributed by atoms with Crippen LogP contribution in [0.1, 0.15) is 39.5 Å². The molecule has 0 aliphatic rings. The molecule has 0 atom stereocenters. The van der Waals surface area contributed by atoms with Crippen LogP contribution in [0, 0.1) is 0 Å². The van der Waals surface area contributed by atoms with Crippen molar-refractivity contribution in [3.63, 3.8) is 0 Å². The van der Waals surface area contributed by atoms with Crippen molar-refractivity contribution in [1.82, 2.24) is 37.4 Å². The monoisotopic (exact) mass is 637 g/mol. The summed E-state index contributed by atoms with van der Waals surface area (Å²) in [6, 6.07) is 0. The maximum atomic E-state index is 13.0. The summed E-state index contributed by atoms with van der Waals surface area (Å²) in [5, 5.41) is 0. The second-order valence-corrected chi connectivity index (χ2v) is 10.9. The van der Waals surface area contributed by atoms with E-state index < -0.39 is 30.8 Å². The molecule has 0 bridgehead atoms. The number of nitrogens with zero attached hydrogens (tertiary/aromatic N) is 8. The van der Waals surface area contributed by atoms with Gasteiger partial charge >= 0.3 is 19.6 Å². The van der Waals surface area contributed by atoms with Gasteiger partial charge in [0.05, 0.1) is 12.7 Å². The van der Waals surface area contributed by atoms with E-state index in [-0.39, 0.29) is 62.1 Å². The van der Waals surface area contributed by atoms with E-state index in [0.29, 0.717) is 38.9 Å². The molecule has 0 fully saturated rings. The average Bonchev–Trinajstić information content (AvgIpc) is 3.64. The van der Waals surface area contributed by atoms with Gasteiger partial charge in [-0.25, -0.2) is 19.6 Å². The van der Waals surface area contributed by atoms with Crippen LogP contribution in [0.2, 0.25) is 0 Å². The number of unbranched alkanes of at least 4 members (excludes halogenated alkanes) is 2. The Kier molecular flexibility index (Phi) is 11.5. The minimum absolute atomic E-state index is 0.107. The number of imidazole rings is 2. The second kappa shape index (κ2) is 15.3. The van der Waals surface area contributed by atoms with Crippen molar-refractivity contribution in [1.29, 1.82) is 0 Å². The highest BCUT2D eigenvalue weighted by atomic mass is 31.1. The maximum Gasteiger partial charge on any atom is 0.697 e. The number of hydrogen-bond acceptors (Lipinski definition) is 11. The standard InChI is InChI=1S/C26H38N8O9P/c1-5-40-17-31-15-27-21-19(31)23(35)33(25(37)29(21)3)11-7-9-13-42-44(39)43-14-10-8-12-34-24(36)20-22(30(4)26(34)38)28-16-32(20)18-41-6-2/h15-16H,5-14,17-18H2,1-4H3/q+1. The Hall–Kier alpha value is -3.76. The van der Waals surface area contributed by atoms with E-state index in [9.17, 15) is 23.7 Å². The molecule has 0 radical (unpaired) electrons. The minimum Gasteiger partial charge on any atom is -0.361 e. The Labute approximate surface area is 252 Å². The lowest BCUT2D eigenvalue weighted by Gasteiger charge is -2.09. The Morgan fingerprint density at radius 3 is 1.48 bits per heavy atom. The molecule has 0 amide bonds. The van der Waals surface area contributed by atoms with E-state index in [2.05, 4.69) is 9.97 Å². The minimum atomic E-state index is -2.38. The van der Waals surface area contributed by atoms with Crippen molar-refractivity contribution in [3.05, 3.63) is 54.3 Å². The number of fused-ring (bicyclic) bond motifs is 2. The predicted molar refractivity (Wildman–Crippen MR) is 160 cm³/mol. The fourth-order valence-electron chi connectivity index (χ4n) is 4.67. The number of rotatable bonds is 18. The fourth-order valence-corrected chi connectivity index (χ4v) is 5.30. The fraction of sp³-hybridized carbons (Fsp3) is 0.615. The molecule has 0 aliphatic heterocycles. The van der Waals surface area contributed by atoms with Gasteiger partial charge in [-0.05, 0) is 39.5 Å². The van der Waals surface area contributed by atoms with E-state index in [0.717, 1.165) is 9.13 Å². The third kappa shape index (κ3) is 7.13. The molecule has 0 saturated carbocycles. The lowest BCUT2D eigenvalue weighted by Crippen LogP contribution is -2.39. The first-order valence-electron chi connectivity index (χ1n) is 14.4. The van der Waals surface area contributed by atoms with Gasteiger partial charge in [-0.3, -0.25) is 27.9 Å². The summed E-state index contributed by atoms with van der Waals surface area (Å²) in [6.45, 7) is 5.43. The summed E-state index contributed by atoms with van der Waals surface area (Å²) in [5.41, 5.74) is -0.715. The first-order valence-corrected chi connectivity index (χ1v) is 15.5. The number of ether oxygens (including phenoxy) is 2. The van der Waals surface area contributed by atoms with Gasteiger partial charge in [0, 0.05) is 45.0 Å². The second-order valence-electron chi connectivity index (χ2n) is 9.92. The molecule has 44 heavy (non-hydrogen) atoms. The van der Waals surface area contributed by atoms with Gasteiger partial charge in [-0.2, -0.15) is 0 Å². The number of aromatic nitrogens is 8. The highest BCUT2D eigenvalue weighted by Gasteiger charge is 2.21. The third-order valence-electron chi connectivity index (χ3n) is 7.02. The van der Waals surface area contributed by atoms with Gasteiger partial charge in [0.25, 0.3) is 11.1 Å². The van der Waals surface area contributed by atoms with E-state index in [4.69, 9.17) is 18.5 Å². The Bertz CT molecular complexity index is 1720. The van der Waals surface area contributed by atoms with Gasteiger partial charge < -0.3 is 18.6 Å². The summed E-state index contributed by atoms with van der Waals surface area (Å²) < 4.78 is 41.5. The maximum absolute atomic E-state index is 13.0. The van der Waals surface area contributed by atoms with Crippen molar-refractivity contribution in [2.45, 2.75) is 66.1 Å². The van der Waals surface area contributed by atoms with Crippen LogP contribution >= 0.6 is 8.25 Å². The molecule has 0 aliphatic carbocycles. The molecule has 240 valence electrons. The molecule has 4 rings (SSSR count). The van der Waals surface area contributed by atoms with Crippen molar-refractivity contribution < 1.29 is 23.1 Å². The van der Waals surface area contributed by atoms with Crippen LogP contribution in [0.15, 0.2) is 31.8 Å². The molecule has 17 nitrogen and oxygen atoms in total. The van der Waals surface area contributed by atoms with Gasteiger partial charge in [-0.1, -0.05) is 0 Å². The average molecular weight is 638 g/mol. The molecule has 0 unspecified atom stereocenters. The summed E-state index contributed by atoms with van der Waals surface area (Å²) in [4.78, 5) is 59.8. The van der Waals surface area contributed by atoms with Crippen molar-refractivity contribution >= 4 is 30.6 Å². The van der Waals surface area contributed by atoms with Gasteiger partial charge in [-0.15, -0.1) is 9.05 Å². The smallest absolute Gasteiger partial charge is 0.361 e. The zero-order valence-electron chi connectivity index (χ0n) is 25.3. The first-order chi connectivity index (χ1) is 21.2. The van der Waals surface area contributed by atoms with Crippen molar-refractivity contribution in [3.8, 4) is 0 Å². The van der Waals surface area contributed by atoms with Gasteiger partial charge in [0.15, 0.2) is 22.3 Å². The first kappa shape index (κ1) is 33.1. The summed E-state index contributed by atoms with van der Waals surface area (Å²) in [5.74, 6) is 0. The van der Waals surface area contributed by atoms with E-state index in [1.165, 1.54) is 21.8 Å². The quantitative estimate of drug-likeness (QED) is 0.113. The number of hydrogen-bond donors (Lipinski definition) is 0. The lowest BCUT2D eigenvalue weighted by atomic mass is 10.3. The lowest BCUT2D eigenvalue weighted by molar-refractivity contribution is 0.0902. The molecule has 0 aromatic carbocycles. The van der Waals surface area contributed by atoms with Crippen LogP contribution in [0.5, 0.6) is 0 Å². The Morgan fingerprint density at radius 1 is 0.682 bits per heavy atom. The molecule has 18 heteroatoms. The largest absolute Gasteiger partial charge is 0.697 e. The summed E-state index contributed by atoms with van der Waals surface area (Å²) in [7, 11) is 0.728. The van der Waals surface area contributed by atoms with Crippen LogP contribution in [-0.2, 0) is 63.7 Å². The van der Waals surface area contributed by atoms with Crippen molar-refractivity contribution in [2.24, 2.45) is 14.1 Å². The molecule has 4 heterocycles. The van der Waals surface area contributed by atoms with E-state index in [1.54, 1.807) is 23.2 Å². The zero-order chi connectivity index (χ0) is 31.8. The predicted octanol–water partition coefficient (Wildman–Crippen LogP) is 1.05. The molecule has 4 aromatic rings. The molecular formula is C26H38N8O9P+. The highest BCUT2D eigenvalue weighted by Crippen LogP contribution is 2.24. The Balaban J connectivity index is 1.21. The summed E-state index contributed by atoms with van der Waals surface area (Å²) in [6.07, 6.45) is 4.67. The molecular weight excluding hydrogens is 599 g/mol. The van der Waals surface area contributed by atoms with Crippen LogP contribution < -0.4 is 22.5 Å². The van der Waals surface area contributed by atoms with E-state index >= 15 is 0 Å². The molecule has 4 aromatic heterocycles. The highest BCUT2D eigenvalue weighted by molar-refractivity contribution is 7.33. The van der Waals surface area contributed by atoms with Crippen LogP contribution in [-0.4, -0.2) is 63.8 Å². The number of aryl methyl sites for hydroxylation is 2. The SMILES string of the molecule is CCOCn1cnc2c1c(=O)n(CCCCO[P+](=O)OCCCCn1c(=O)c3c(ncn3COCC)n(C)c1=O)c(=O)n2C. The van der Waals surface area contributed by atoms with E-state index in [1.807, 2.05) is 13.8 Å². The molecule has 0 spiro atoms. The molecule has 0 N–H and O–H groups in total. The topological polar surface area (TPSA) is 178 Å². The Morgan fingerprint density at radius 2 is 1.09 bits per heavy atom. The normalized spacial score (nSPS) is 11.7. The van der Waals surface area contributed by atoms with Crippen LogP contribution in [0.3, 0.4) is 0 Å².